The molecule has 2 nitrogen and oxygen atoms in total. The summed E-state index contributed by atoms with van der Waals surface area (Å²) >= 11 is 12.5. The quantitative estimate of drug-likeness (QED) is 0.859. The number of hydrogen-bond donors (Lipinski definition) is 1. The molecule has 4 heteroatoms. The van der Waals surface area contributed by atoms with Crippen molar-refractivity contribution in [1.82, 2.24) is 10.2 Å². The molecule has 1 aliphatic rings. The Balaban J connectivity index is 2.30. The van der Waals surface area contributed by atoms with Crippen molar-refractivity contribution in [2.45, 2.75) is 58.2 Å². The van der Waals surface area contributed by atoms with Crippen LogP contribution in [0.3, 0.4) is 0 Å². The Kier molecular flexibility index (Phi) is 5.25. The highest BCUT2D eigenvalue weighted by Crippen LogP contribution is 2.33. The zero-order chi connectivity index (χ0) is 15.7. The van der Waals surface area contributed by atoms with Crippen molar-refractivity contribution in [1.29, 1.82) is 0 Å². The van der Waals surface area contributed by atoms with Gasteiger partial charge < -0.3 is 5.32 Å². The third-order valence-electron chi connectivity index (χ3n) is 4.84. The van der Waals surface area contributed by atoms with Crippen molar-refractivity contribution in [2.24, 2.45) is 0 Å². The fourth-order valence-electron chi connectivity index (χ4n) is 3.26. The molecule has 1 aromatic carbocycles. The monoisotopic (exact) mass is 328 g/mol. The van der Waals surface area contributed by atoms with Crippen LogP contribution in [0.5, 0.6) is 0 Å². The van der Waals surface area contributed by atoms with Crippen molar-refractivity contribution in [3.8, 4) is 0 Å². The van der Waals surface area contributed by atoms with Gasteiger partial charge in [-0.1, -0.05) is 37.0 Å². The predicted octanol–water partition coefficient (Wildman–Crippen LogP) is 4.74. The highest BCUT2D eigenvalue weighted by molar-refractivity contribution is 6.33. The molecule has 0 spiro atoms. The van der Waals surface area contributed by atoms with E-state index in [0.29, 0.717) is 0 Å². The van der Waals surface area contributed by atoms with Crippen LogP contribution in [0, 0.1) is 0 Å². The van der Waals surface area contributed by atoms with E-state index in [-0.39, 0.29) is 11.1 Å². The Morgan fingerprint density at radius 3 is 2.48 bits per heavy atom. The molecule has 1 N–H and O–H groups in total. The van der Waals surface area contributed by atoms with Gasteiger partial charge >= 0.3 is 0 Å². The van der Waals surface area contributed by atoms with Gasteiger partial charge in [0.1, 0.15) is 0 Å². The molecule has 0 amide bonds. The zero-order valence-electron chi connectivity index (χ0n) is 13.5. The summed E-state index contributed by atoms with van der Waals surface area (Å²) in [6, 6.07) is 5.74. The maximum atomic E-state index is 6.37. The Morgan fingerprint density at radius 2 is 1.86 bits per heavy atom. The Morgan fingerprint density at radius 1 is 1.19 bits per heavy atom. The molecule has 1 heterocycles. The van der Waals surface area contributed by atoms with E-state index < -0.39 is 0 Å². The molecule has 1 aromatic rings. The van der Waals surface area contributed by atoms with E-state index in [0.717, 1.165) is 48.1 Å². The first kappa shape index (κ1) is 17.1. The first-order valence-electron chi connectivity index (χ1n) is 7.76. The highest BCUT2D eigenvalue weighted by atomic mass is 35.5. The fraction of sp³-hybridized carbons (Fsp3) is 0.647. The van der Waals surface area contributed by atoms with Crippen molar-refractivity contribution in [3.63, 3.8) is 0 Å². The molecule has 1 aliphatic heterocycles. The molecule has 0 radical (unpaired) electrons. The van der Waals surface area contributed by atoms with Crippen LogP contribution in [-0.4, -0.2) is 29.1 Å². The first-order chi connectivity index (χ1) is 9.82. The molecule has 0 bridgehead atoms. The summed E-state index contributed by atoms with van der Waals surface area (Å²) in [6.07, 6.45) is 2.26. The van der Waals surface area contributed by atoms with Crippen LogP contribution in [-0.2, 0) is 6.54 Å². The molecule has 0 aliphatic carbocycles. The number of rotatable bonds is 4. The average molecular weight is 329 g/mol. The largest absolute Gasteiger partial charge is 0.309 e. The van der Waals surface area contributed by atoms with E-state index in [4.69, 9.17) is 23.2 Å². The molecule has 1 saturated heterocycles. The van der Waals surface area contributed by atoms with Gasteiger partial charge in [0.2, 0.25) is 0 Å². The van der Waals surface area contributed by atoms with Gasteiger partial charge in [-0.15, -0.1) is 0 Å². The third kappa shape index (κ3) is 3.73. The second-order valence-corrected chi connectivity index (χ2v) is 7.60. The summed E-state index contributed by atoms with van der Waals surface area (Å²) in [5, 5.41) is 5.25. The molecule has 1 fully saturated rings. The summed E-state index contributed by atoms with van der Waals surface area (Å²) in [5.41, 5.74) is 1.44. The van der Waals surface area contributed by atoms with E-state index in [1.165, 1.54) is 0 Å². The third-order valence-corrected chi connectivity index (χ3v) is 5.44. The van der Waals surface area contributed by atoms with Crippen LogP contribution in [0.1, 0.15) is 46.1 Å². The minimum atomic E-state index is 0.124. The smallest absolute Gasteiger partial charge is 0.0452 e. The lowest BCUT2D eigenvalue weighted by molar-refractivity contribution is 0.00236. The average Bonchev–Trinajstić information content (AvgIpc) is 2.43. The fourth-order valence-corrected chi connectivity index (χ4v) is 3.63. The van der Waals surface area contributed by atoms with Crippen LogP contribution in [0.4, 0.5) is 0 Å². The van der Waals surface area contributed by atoms with Gasteiger partial charge in [0.25, 0.3) is 0 Å². The lowest BCUT2D eigenvalue weighted by Gasteiger charge is -2.52. The van der Waals surface area contributed by atoms with Gasteiger partial charge in [0, 0.05) is 40.8 Å². The van der Waals surface area contributed by atoms with Crippen molar-refractivity contribution in [3.05, 3.63) is 33.8 Å². The van der Waals surface area contributed by atoms with E-state index in [2.05, 4.69) is 37.9 Å². The van der Waals surface area contributed by atoms with Crippen molar-refractivity contribution < 1.29 is 0 Å². The molecule has 0 atom stereocenters. The zero-order valence-corrected chi connectivity index (χ0v) is 15.0. The number of piperazine rings is 1. The summed E-state index contributed by atoms with van der Waals surface area (Å²) in [6.45, 7) is 11.9. The van der Waals surface area contributed by atoms with Gasteiger partial charge in [0.05, 0.1) is 0 Å². The molecular formula is C17H26Cl2N2. The van der Waals surface area contributed by atoms with E-state index in [1.54, 1.807) is 0 Å². The summed E-state index contributed by atoms with van der Waals surface area (Å²) < 4.78 is 0. The van der Waals surface area contributed by atoms with Gasteiger partial charge in [0.15, 0.2) is 0 Å². The minimum Gasteiger partial charge on any atom is -0.309 e. The van der Waals surface area contributed by atoms with Gasteiger partial charge in [-0.05, 0) is 50.5 Å². The molecular weight excluding hydrogens is 303 g/mol. The van der Waals surface area contributed by atoms with Gasteiger partial charge in [-0.3, -0.25) is 4.90 Å². The number of nitrogens with one attached hydrogen (secondary N) is 1. The lowest BCUT2D eigenvalue weighted by atomic mass is 9.84. The predicted molar refractivity (Wildman–Crippen MR) is 92.3 cm³/mol. The maximum absolute atomic E-state index is 6.37. The van der Waals surface area contributed by atoms with Gasteiger partial charge in [-0.2, -0.15) is 0 Å². The van der Waals surface area contributed by atoms with Crippen molar-refractivity contribution in [2.75, 3.05) is 13.1 Å². The first-order valence-corrected chi connectivity index (χ1v) is 8.51. The number of halogens is 2. The second kappa shape index (κ2) is 6.45. The maximum Gasteiger partial charge on any atom is 0.0452 e. The number of benzene rings is 1. The molecule has 0 aromatic heterocycles. The molecule has 2 rings (SSSR count). The second-order valence-electron chi connectivity index (χ2n) is 6.76. The van der Waals surface area contributed by atoms with E-state index in [9.17, 15) is 0 Å². The summed E-state index contributed by atoms with van der Waals surface area (Å²) in [7, 11) is 0. The van der Waals surface area contributed by atoms with Crippen LogP contribution in [0.2, 0.25) is 10.0 Å². The topological polar surface area (TPSA) is 15.3 Å². The standard InChI is InChI=1S/C17H26Cl2N2/c1-5-17(6-2)11-20-16(3,4)12-21(17)10-13-9-14(18)7-8-15(13)19/h7-9,20H,5-6,10-12H2,1-4H3. The van der Waals surface area contributed by atoms with Crippen LogP contribution in [0.15, 0.2) is 18.2 Å². The normalized spacial score (nSPS) is 21.4. The molecule has 21 heavy (non-hydrogen) atoms. The molecule has 118 valence electrons. The van der Waals surface area contributed by atoms with Crippen LogP contribution in [0.25, 0.3) is 0 Å². The highest BCUT2D eigenvalue weighted by Gasteiger charge is 2.41. The number of nitrogens with zero attached hydrogens (tertiary/aromatic N) is 1. The van der Waals surface area contributed by atoms with Crippen LogP contribution >= 0.6 is 23.2 Å². The van der Waals surface area contributed by atoms with Crippen LogP contribution < -0.4 is 5.32 Å². The molecule has 0 saturated carbocycles. The Labute approximate surface area is 138 Å². The minimum absolute atomic E-state index is 0.124. The summed E-state index contributed by atoms with van der Waals surface area (Å²) in [5.74, 6) is 0. The lowest BCUT2D eigenvalue weighted by Crippen LogP contribution is -2.67. The van der Waals surface area contributed by atoms with Gasteiger partial charge in [-0.25, -0.2) is 0 Å². The Hall–Kier alpha value is -0.280. The summed E-state index contributed by atoms with van der Waals surface area (Å²) in [4.78, 5) is 2.58. The van der Waals surface area contributed by atoms with E-state index in [1.807, 2.05) is 18.2 Å². The Bertz CT molecular complexity index is 496. The molecule has 0 unspecified atom stereocenters. The van der Waals surface area contributed by atoms with E-state index >= 15 is 0 Å². The number of hydrogen-bond acceptors (Lipinski definition) is 2. The van der Waals surface area contributed by atoms with Crippen molar-refractivity contribution >= 4 is 23.2 Å². The SMILES string of the molecule is CCC1(CC)CNC(C)(C)CN1Cc1cc(Cl)ccc1Cl.